The van der Waals surface area contributed by atoms with E-state index in [1.807, 2.05) is 24.3 Å². The molecule has 3 rings (SSSR count). The van der Waals surface area contributed by atoms with E-state index in [1.54, 1.807) is 0 Å². The zero-order chi connectivity index (χ0) is 20.6. The third kappa shape index (κ3) is 6.89. The van der Waals surface area contributed by atoms with Gasteiger partial charge in [-0.25, -0.2) is 0 Å². The first kappa shape index (κ1) is 22.4. The molecule has 0 bridgehead atoms. The van der Waals surface area contributed by atoms with Gasteiger partial charge in [-0.1, -0.05) is 23.7 Å². The van der Waals surface area contributed by atoms with Crippen molar-refractivity contribution < 1.29 is 24.5 Å². The van der Waals surface area contributed by atoms with Crippen LogP contribution in [0.1, 0.15) is 12.0 Å². The van der Waals surface area contributed by atoms with E-state index in [-0.39, 0.29) is 12.3 Å². The Bertz CT molecular complexity index is 659. The molecule has 0 radical (unpaired) electrons. The van der Waals surface area contributed by atoms with Gasteiger partial charge in [0.1, 0.15) is 12.2 Å². The van der Waals surface area contributed by atoms with E-state index in [0.717, 1.165) is 38.4 Å². The normalized spacial score (nSPS) is 27.8. The van der Waals surface area contributed by atoms with Crippen molar-refractivity contribution in [1.29, 1.82) is 0 Å². The molecular weight excluding hydrogens is 398 g/mol. The van der Waals surface area contributed by atoms with Crippen molar-refractivity contribution >= 4 is 17.5 Å². The molecule has 29 heavy (non-hydrogen) atoms. The molecule has 8 nitrogen and oxygen atoms in total. The smallest absolute Gasteiger partial charge is 0.222 e. The van der Waals surface area contributed by atoms with Gasteiger partial charge in [0, 0.05) is 44.3 Å². The van der Waals surface area contributed by atoms with Gasteiger partial charge in [0.2, 0.25) is 5.91 Å². The van der Waals surface area contributed by atoms with Gasteiger partial charge in [-0.3, -0.25) is 9.69 Å². The highest BCUT2D eigenvalue weighted by Gasteiger charge is 2.43. The fraction of sp³-hybridized carbons (Fsp3) is 0.650. The number of carbonyl (C=O) groups is 1. The van der Waals surface area contributed by atoms with Gasteiger partial charge in [-0.2, -0.15) is 0 Å². The van der Waals surface area contributed by atoms with Crippen LogP contribution in [0.5, 0.6) is 0 Å². The van der Waals surface area contributed by atoms with Crippen molar-refractivity contribution in [3.8, 4) is 0 Å². The van der Waals surface area contributed by atoms with Gasteiger partial charge in [0.05, 0.1) is 31.8 Å². The van der Waals surface area contributed by atoms with Crippen molar-refractivity contribution in [3.63, 3.8) is 0 Å². The highest BCUT2D eigenvalue weighted by Crippen LogP contribution is 2.23. The lowest BCUT2D eigenvalue weighted by Gasteiger charge is -2.26. The van der Waals surface area contributed by atoms with Crippen LogP contribution in [0.4, 0.5) is 0 Å². The third-order valence-corrected chi connectivity index (χ3v) is 5.50. The van der Waals surface area contributed by atoms with Gasteiger partial charge in [-0.15, -0.1) is 0 Å². The molecule has 9 heteroatoms. The maximum Gasteiger partial charge on any atom is 0.222 e. The van der Waals surface area contributed by atoms with Crippen molar-refractivity contribution in [3.05, 3.63) is 34.9 Å². The van der Waals surface area contributed by atoms with Crippen LogP contribution in [0.25, 0.3) is 0 Å². The molecule has 162 valence electrons. The molecule has 0 saturated carbocycles. The van der Waals surface area contributed by atoms with Crippen LogP contribution in [0.3, 0.4) is 0 Å². The first-order chi connectivity index (χ1) is 14.0. The topological polar surface area (TPSA) is 103 Å². The number of hydrogen-bond donors (Lipinski definition) is 4. The van der Waals surface area contributed by atoms with Gasteiger partial charge in [0.25, 0.3) is 0 Å². The minimum atomic E-state index is -1.09. The van der Waals surface area contributed by atoms with Crippen molar-refractivity contribution in [2.75, 3.05) is 45.9 Å². The number of nitrogens with zero attached hydrogens (tertiary/aromatic N) is 1. The van der Waals surface area contributed by atoms with Gasteiger partial charge >= 0.3 is 0 Å². The minimum absolute atomic E-state index is 0.0200. The minimum Gasteiger partial charge on any atom is -0.388 e. The molecule has 1 amide bonds. The standard InChI is InChI=1S/C20H30ClN3O5/c21-15-3-1-2-14(10-15)12-22-13-17-20(27)19(26)16(29-17)11-18(25)23-4-5-24-6-8-28-9-7-24/h1-3,10,16-17,19-20,22,26-27H,4-9,11-13H2,(H,23,25)/t16-,17-,19-,20+/m0/s1. The summed E-state index contributed by atoms with van der Waals surface area (Å²) in [4.78, 5) is 14.4. The van der Waals surface area contributed by atoms with E-state index >= 15 is 0 Å². The zero-order valence-electron chi connectivity index (χ0n) is 16.4. The van der Waals surface area contributed by atoms with Crippen molar-refractivity contribution in [2.24, 2.45) is 0 Å². The van der Waals surface area contributed by atoms with Crippen LogP contribution < -0.4 is 10.6 Å². The monoisotopic (exact) mass is 427 g/mol. The lowest BCUT2D eigenvalue weighted by Crippen LogP contribution is -2.42. The second kappa shape index (κ2) is 11.2. The summed E-state index contributed by atoms with van der Waals surface area (Å²) in [5.41, 5.74) is 1.02. The lowest BCUT2D eigenvalue weighted by molar-refractivity contribution is -0.125. The van der Waals surface area contributed by atoms with Crippen LogP contribution >= 0.6 is 11.6 Å². The van der Waals surface area contributed by atoms with E-state index in [0.29, 0.717) is 24.7 Å². The summed E-state index contributed by atoms with van der Waals surface area (Å²) >= 11 is 5.97. The van der Waals surface area contributed by atoms with E-state index in [1.165, 1.54) is 0 Å². The van der Waals surface area contributed by atoms with E-state index in [2.05, 4.69) is 15.5 Å². The first-order valence-electron chi connectivity index (χ1n) is 10.1. The van der Waals surface area contributed by atoms with Gasteiger partial charge in [0.15, 0.2) is 0 Å². The summed E-state index contributed by atoms with van der Waals surface area (Å²) in [6, 6.07) is 7.49. The summed E-state index contributed by atoms with van der Waals surface area (Å²) in [5.74, 6) is -0.193. The zero-order valence-corrected chi connectivity index (χ0v) is 17.2. The van der Waals surface area contributed by atoms with E-state index < -0.39 is 24.4 Å². The fourth-order valence-electron chi connectivity index (χ4n) is 3.60. The lowest BCUT2D eigenvalue weighted by atomic mass is 10.1. The summed E-state index contributed by atoms with van der Waals surface area (Å²) < 4.78 is 11.0. The van der Waals surface area contributed by atoms with Gasteiger partial charge in [-0.05, 0) is 17.7 Å². The number of aliphatic hydroxyl groups excluding tert-OH is 2. The van der Waals surface area contributed by atoms with E-state index in [4.69, 9.17) is 21.1 Å². The predicted molar refractivity (Wildman–Crippen MR) is 109 cm³/mol. The maximum atomic E-state index is 12.2. The van der Waals surface area contributed by atoms with Crippen molar-refractivity contribution in [1.82, 2.24) is 15.5 Å². The van der Waals surface area contributed by atoms with Crippen molar-refractivity contribution in [2.45, 2.75) is 37.4 Å². The number of benzene rings is 1. The Morgan fingerprint density at radius 1 is 1.21 bits per heavy atom. The Morgan fingerprint density at radius 3 is 2.72 bits per heavy atom. The average molecular weight is 428 g/mol. The Labute approximate surface area is 176 Å². The maximum absolute atomic E-state index is 12.2. The van der Waals surface area contributed by atoms with Crippen LogP contribution in [0.2, 0.25) is 5.02 Å². The molecule has 1 aromatic rings. The van der Waals surface area contributed by atoms with Gasteiger partial charge < -0.3 is 30.3 Å². The van der Waals surface area contributed by atoms with E-state index in [9.17, 15) is 15.0 Å². The molecular formula is C20H30ClN3O5. The highest BCUT2D eigenvalue weighted by molar-refractivity contribution is 6.30. The fourth-order valence-corrected chi connectivity index (χ4v) is 3.81. The largest absolute Gasteiger partial charge is 0.388 e. The Morgan fingerprint density at radius 2 is 1.97 bits per heavy atom. The number of morpholine rings is 1. The Hall–Kier alpha value is -1.26. The number of nitrogens with one attached hydrogen (secondary N) is 2. The summed E-state index contributed by atoms with van der Waals surface area (Å²) in [6.07, 6.45) is -3.39. The number of ether oxygens (including phenoxy) is 2. The summed E-state index contributed by atoms with van der Waals surface area (Å²) in [6.45, 7) is 5.42. The SMILES string of the molecule is O=C(C[C@@H]1O[C@@H](CNCc2cccc(Cl)c2)[C@@H](O)[C@H]1O)NCCN1CCOCC1. The number of rotatable bonds is 9. The quantitative estimate of drug-likeness (QED) is 0.431. The molecule has 2 fully saturated rings. The highest BCUT2D eigenvalue weighted by atomic mass is 35.5. The molecule has 0 spiro atoms. The Balaban J connectivity index is 1.36. The number of hydrogen-bond acceptors (Lipinski definition) is 7. The molecule has 2 saturated heterocycles. The summed E-state index contributed by atoms with van der Waals surface area (Å²) in [5, 5.41) is 27.2. The third-order valence-electron chi connectivity index (χ3n) is 5.27. The molecule has 0 unspecified atom stereocenters. The molecule has 1 aromatic carbocycles. The van der Waals surface area contributed by atoms with Crippen LogP contribution in [0, 0.1) is 0 Å². The summed E-state index contributed by atoms with van der Waals surface area (Å²) in [7, 11) is 0. The second-order valence-corrected chi connectivity index (χ2v) is 7.90. The molecule has 2 aliphatic heterocycles. The second-order valence-electron chi connectivity index (χ2n) is 7.46. The number of aliphatic hydroxyl groups is 2. The number of carbonyl (C=O) groups excluding carboxylic acids is 1. The molecule has 4 N–H and O–H groups in total. The first-order valence-corrected chi connectivity index (χ1v) is 10.4. The number of halogens is 1. The molecule has 2 aliphatic rings. The molecule has 2 heterocycles. The average Bonchev–Trinajstić information content (AvgIpc) is 2.97. The molecule has 4 atom stereocenters. The molecule has 0 aliphatic carbocycles. The number of amides is 1. The molecule has 0 aromatic heterocycles. The Kier molecular flexibility index (Phi) is 8.68. The van der Waals surface area contributed by atoms with Crippen LogP contribution in [0.15, 0.2) is 24.3 Å². The van der Waals surface area contributed by atoms with Crippen LogP contribution in [-0.4, -0.2) is 91.4 Å². The van der Waals surface area contributed by atoms with Crippen LogP contribution in [-0.2, 0) is 20.8 Å². The predicted octanol–water partition coefficient (Wildman–Crippen LogP) is -0.243.